The normalized spacial score (nSPS) is 20.3. The van der Waals surface area contributed by atoms with E-state index < -0.39 is 11.0 Å². The minimum atomic E-state index is -0.917. The van der Waals surface area contributed by atoms with Gasteiger partial charge in [0.25, 0.3) is 5.56 Å². The molecule has 8 heteroatoms. The van der Waals surface area contributed by atoms with Crippen molar-refractivity contribution in [3.63, 3.8) is 0 Å². The largest absolute Gasteiger partial charge is 0.367 e. The zero-order valence-electron chi connectivity index (χ0n) is 16.1. The summed E-state index contributed by atoms with van der Waals surface area (Å²) in [6, 6.07) is 6.06. The standard InChI is InChI=1S/C20H25N5O2S/c1-28(27)24-8-6-16(7-9-24)23-19-11-18-15(13-22-19)10-14(12-21)20(26)25(18)17-4-2-3-5-17/h10-11,13,16-17H,2-9H2,1H3,(H,22,23). The highest BCUT2D eigenvalue weighted by atomic mass is 32.2. The predicted molar refractivity (Wildman–Crippen MR) is 111 cm³/mol. The Hall–Kier alpha value is -2.24. The molecule has 3 heterocycles. The molecule has 1 saturated heterocycles. The summed E-state index contributed by atoms with van der Waals surface area (Å²) >= 11 is 0. The van der Waals surface area contributed by atoms with Gasteiger partial charge in [-0.3, -0.25) is 4.79 Å². The minimum Gasteiger partial charge on any atom is -0.367 e. The van der Waals surface area contributed by atoms with E-state index in [9.17, 15) is 14.3 Å². The Morgan fingerprint density at radius 3 is 2.57 bits per heavy atom. The number of anilines is 1. The molecule has 2 fully saturated rings. The Labute approximate surface area is 167 Å². The molecule has 1 aliphatic heterocycles. The van der Waals surface area contributed by atoms with Crippen LogP contribution in [0.4, 0.5) is 5.82 Å². The second kappa shape index (κ2) is 8.02. The molecule has 0 spiro atoms. The lowest BCUT2D eigenvalue weighted by atomic mass is 10.1. The van der Waals surface area contributed by atoms with Crippen LogP contribution in [0.1, 0.15) is 50.1 Å². The van der Waals surface area contributed by atoms with Crippen LogP contribution in [0.15, 0.2) is 23.1 Å². The quantitative estimate of drug-likeness (QED) is 0.853. The van der Waals surface area contributed by atoms with Crippen molar-refractivity contribution < 1.29 is 4.21 Å². The van der Waals surface area contributed by atoms with Gasteiger partial charge in [-0.15, -0.1) is 0 Å². The van der Waals surface area contributed by atoms with E-state index in [0.29, 0.717) is 0 Å². The molecule has 2 aliphatic rings. The molecule has 0 radical (unpaired) electrons. The average Bonchev–Trinajstić information content (AvgIpc) is 3.22. The molecule has 1 unspecified atom stereocenters. The van der Waals surface area contributed by atoms with Crippen LogP contribution in [0.5, 0.6) is 0 Å². The highest BCUT2D eigenvalue weighted by molar-refractivity contribution is 7.81. The van der Waals surface area contributed by atoms with Gasteiger partial charge in [0.2, 0.25) is 0 Å². The van der Waals surface area contributed by atoms with Crippen molar-refractivity contribution in [2.75, 3.05) is 24.7 Å². The van der Waals surface area contributed by atoms with E-state index in [2.05, 4.69) is 10.3 Å². The highest BCUT2D eigenvalue weighted by Gasteiger charge is 2.23. The molecular formula is C20H25N5O2S. The fraction of sp³-hybridized carbons (Fsp3) is 0.550. The van der Waals surface area contributed by atoms with E-state index in [4.69, 9.17) is 0 Å². The Bertz CT molecular complexity index is 998. The molecule has 2 aromatic rings. The van der Waals surface area contributed by atoms with Crippen LogP contribution in [-0.4, -0.2) is 43.5 Å². The first-order valence-corrected chi connectivity index (χ1v) is 11.4. The van der Waals surface area contributed by atoms with E-state index >= 15 is 0 Å². The Kier molecular flexibility index (Phi) is 5.47. The SMILES string of the molecule is CS(=O)N1CCC(Nc2cc3c(cn2)cc(C#N)c(=O)n3C2CCCC2)CC1. The number of nitrogens with zero attached hydrogens (tertiary/aromatic N) is 4. The second-order valence-electron chi connectivity index (χ2n) is 7.68. The van der Waals surface area contributed by atoms with E-state index in [-0.39, 0.29) is 23.2 Å². The number of hydrogen-bond acceptors (Lipinski definition) is 5. The fourth-order valence-electron chi connectivity index (χ4n) is 4.38. The first kappa shape index (κ1) is 19.1. The topological polar surface area (TPSA) is 91.0 Å². The number of nitrogens with one attached hydrogen (secondary N) is 1. The van der Waals surface area contributed by atoms with Crippen molar-refractivity contribution in [3.8, 4) is 6.07 Å². The van der Waals surface area contributed by atoms with Crippen molar-refractivity contribution >= 4 is 27.7 Å². The first-order valence-electron chi connectivity index (χ1n) is 9.87. The monoisotopic (exact) mass is 399 g/mol. The van der Waals surface area contributed by atoms with Crippen molar-refractivity contribution in [3.05, 3.63) is 34.2 Å². The van der Waals surface area contributed by atoms with Crippen LogP contribution in [0.25, 0.3) is 10.9 Å². The predicted octanol–water partition coefficient (Wildman–Crippen LogP) is 2.55. The number of piperidine rings is 1. The molecule has 1 aliphatic carbocycles. The maximum atomic E-state index is 12.9. The number of nitriles is 1. The van der Waals surface area contributed by atoms with Gasteiger partial charge in [-0.25, -0.2) is 13.5 Å². The van der Waals surface area contributed by atoms with E-state index in [1.807, 2.05) is 21.0 Å². The molecule has 0 amide bonds. The van der Waals surface area contributed by atoms with Gasteiger partial charge in [0.15, 0.2) is 0 Å². The van der Waals surface area contributed by atoms with Gasteiger partial charge in [-0.1, -0.05) is 12.8 Å². The molecule has 1 N–H and O–H groups in total. The number of fused-ring (bicyclic) bond motifs is 1. The van der Waals surface area contributed by atoms with Crippen LogP contribution in [0, 0.1) is 11.3 Å². The molecule has 0 bridgehead atoms. The molecule has 1 saturated carbocycles. The van der Waals surface area contributed by atoms with Crippen molar-refractivity contribution in [1.29, 1.82) is 5.26 Å². The Morgan fingerprint density at radius 2 is 1.93 bits per heavy atom. The maximum absolute atomic E-state index is 12.9. The number of aromatic nitrogens is 2. The lowest BCUT2D eigenvalue weighted by Gasteiger charge is -2.30. The van der Waals surface area contributed by atoms with Crippen LogP contribution in [-0.2, 0) is 11.0 Å². The molecule has 2 aromatic heterocycles. The molecule has 1 atom stereocenters. The third-order valence-corrected chi connectivity index (χ3v) is 6.99. The van der Waals surface area contributed by atoms with Crippen molar-refractivity contribution in [1.82, 2.24) is 13.9 Å². The highest BCUT2D eigenvalue weighted by Crippen LogP contribution is 2.31. The van der Waals surface area contributed by atoms with Gasteiger partial charge < -0.3 is 9.88 Å². The molecular weight excluding hydrogens is 374 g/mol. The summed E-state index contributed by atoms with van der Waals surface area (Å²) in [5, 5.41) is 13.7. The summed E-state index contributed by atoms with van der Waals surface area (Å²) in [7, 11) is -0.917. The van der Waals surface area contributed by atoms with Crippen LogP contribution in [0.2, 0.25) is 0 Å². The first-order chi connectivity index (χ1) is 13.6. The summed E-state index contributed by atoms with van der Waals surface area (Å²) in [5.74, 6) is 0.749. The van der Waals surface area contributed by atoms with Gasteiger partial charge in [-0.2, -0.15) is 5.26 Å². The lowest BCUT2D eigenvalue weighted by Crippen LogP contribution is -2.39. The number of rotatable bonds is 4. The summed E-state index contributed by atoms with van der Waals surface area (Å²) < 4.78 is 15.4. The third kappa shape index (κ3) is 3.69. The number of pyridine rings is 2. The van der Waals surface area contributed by atoms with Gasteiger partial charge in [0, 0.05) is 49.1 Å². The van der Waals surface area contributed by atoms with Crippen molar-refractivity contribution in [2.45, 2.75) is 50.6 Å². The smallest absolute Gasteiger partial charge is 0.269 e. The maximum Gasteiger partial charge on any atom is 0.269 e. The zero-order chi connectivity index (χ0) is 19.7. The van der Waals surface area contributed by atoms with E-state index in [1.54, 1.807) is 18.5 Å². The van der Waals surface area contributed by atoms with E-state index in [0.717, 1.165) is 68.3 Å². The average molecular weight is 400 g/mol. The minimum absolute atomic E-state index is 0.154. The summed E-state index contributed by atoms with van der Waals surface area (Å²) in [5.41, 5.74) is 0.833. The lowest BCUT2D eigenvalue weighted by molar-refractivity contribution is 0.347. The van der Waals surface area contributed by atoms with Gasteiger partial charge in [0.1, 0.15) is 17.5 Å². The van der Waals surface area contributed by atoms with Crippen molar-refractivity contribution in [2.24, 2.45) is 0 Å². The van der Waals surface area contributed by atoms with Crippen LogP contribution < -0.4 is 10.9 Å². The third-order valence-electron chi connectivity index (χ3n) is 5.90. The molecule has 148 valence electrons. The van der Waals surface area contributed by atoms with Gasteiger partial charge in [-0.05, 0) is 31.7 Å². The van der Waals surface area contributed by atoms with E-state index in [1.165, 1.54) is 0 Å². The summed E-state index contributed by atoms with van der Waals surface area (Å²) in [4.78, 5) is 17.4. The van der Waals surface area contributed by atoms with Gasteiger partial charge in [0.05, 0.1) is 16.5 Å². The molecule has 0 aromatic carbocycles. The Balaban J connectivity index is 1.65. The second-order valence-corrected chi connectivity index (χ2v) is 9.05. The summed E-state index contributed by atoms with van der Waals surface area (Å²) in [6.07, 6.45) is 9.45. The van der Waals surface area contributed by atoms with Crippen LogP contribution in [0.3, 0.4) is 0 Å². The fourth-order valence-corrected chi connectivity index (χ4v) is 5.11. The molecule has 4 rings (SSSR count). The summed E-state index contributed by atoms with van der Waals surface area (Å²) in [6.45, 7) is 1.60. The van der Waals surface area contributed by atoms with Gasteiger partial charge >= 0.3 is 0 Å². The number of hydrogen-bond donors (Lipinski definition) is 1. The molecule has 7 nitrogen and oxygen atoms in total. The Morgan fingerprint density at radius 1 is 1.21 bits per heavy atom. The zero-order valence-corrected chi connectivity index (χ0v) is 16.9. The molecule has 28 heavy (non-hydrogen) atoms. The van der Waals surface area contributed by atoms with Crippen LogP contribution >= 0.6 is 0 Å².